The van der Waals surface area contributed by atoms with Crippen LogP contribution in [-0.2, 0) is 17.7 Å². The molecule has 0 aromatic carbocycles. The lowest BCUT2D eigenvalue weighted by atomic mass is 10.1. The van der Waals surface area contributed by atoms with E-state index in [0.29, 0.717) is 32.0 Å². The normalized spacial score (nSPS) is 14.4. The molecule has 0 saturated heterocycles. The molecule has 94 valence electrons. The van der Waals surface area contributed by atoms with Crippen LogP contribution in [0.5, 0.6) is 5.88 Å². The SMILES string of the molecule is CCCOc1noc2c1CN(C(=O)OC)CC2. The van der Waals surface area contributed by atoms with Gasteiger partial charge in [0.1, 0.15) is 5.76 Å². The van der Waals surface area contributed by atoms with E-state index >= 15 is 0 Å². The summed E-state index contributed by atoms with van der Waals surface area (Å²) >= 11 is 0. The molecule has 2 rings (SSSR count). The average molecular weight is 240 g/mol. The Kier molecular flexibility index (Phi) is 3.51. The number of amides is 1. The number of rotatable bonds is 3. The predicted octanol–water partition coefficient (Wildman–Crippen LogP) is 1.59. The molecule has 1 aliphatic rings. The van der Waals surface area contributed by atoms with Gasteiger partial charge in [-0.1, -0.05) is 6.92 Å². The summed E-state index contributed by atoms with van der Waals surface area (Å²) in [7, 11) is 1.37. The van der Waals surface area contributed by atoms with Gasteiger partial charge >= 0.3 is 6.09 Å². The highest BCUT2D eigenvalue weighted by atomic mass is 16.5. The molecule has 0 atom stereocenters. The van der Waals surface area contributed by atoms with Gasteiger partial charge in [-0.05, 0) is 11.6 Å². The number of carbonyl (C=O) groups excluding carboxylic acids is 1. The number of hydrogen-bond donors (Lipinski definition) is 0. The summed E-state index contributed by atoms with van der Waals surface area (Å²) in [6.45, 7) is 3.64. The molecule has 6 nitrogen and oxygen atoms in total. The Hall–Kier alpha value is -1.72. The molecular formula is C11H16N2O4. The van der Waals surface area contributed by atoms with Crippen molar-refractivity contribution < 1.29 is 18.8 Å². The van der Waals surface area contributed by atoms with E-state index in [9.17, 15) is 4.79 Å². The smallest absolute Gasteiger partial charge is 0.409 e. The van der Waals surface area contributed by atoms with Crippen LogP contribution in [0, 0.1) is 0 Å². The maximum Gasteiger partial charge on any atom is 0.409 e. The van der Waals surface area contributed by atoms with Gasteiger partial charge in [0.15, 0.2) is 0 Å². The van der Waals surface area contributed by atoms with Crippen LogP contribution in [0.3, 0.4) is 0 Å². The summed E-state index contributed by atoms with van der Waals surface area (Å²) in [6.07, 6.45) is 1.22. The lowest BCUT2D eigenvalue weighted by Gasteiger charge is -2.24. The Labute approximate surface area is 99.5 Å². The third kappa shape index (κ3) is 2.35. The highest BCUT2D eigenvalue weighted by Gasteiger charge is 2.28. The topological polar surface area (TPSA) is 64.8 Å². The van der Waals surface area contributed by atoms with Gasteiger partial charge in [0.25, 0.3) is 5.88 Å². The number of nitrogens with zero attached hydrogens (tertiary/aromatic N) is 2. The first-order valence-electron chi connectivity index (χ1n) is 5.69. The Balaban J connectivity index is 2.11. The van der Waals surface area contributed by atoms with Crippen molar-refractivity contribution in [1.82, 2.24) is 10.1 Å². The molecule has 1 amide bonds. The second-order valence-corrected chi connectivity index (χ2v) is 3.88. The van der Waals surface area contributed by atoms with E-state index in [2.05, 4.69) is 5.16 Å². The zero-order valence-corrected chi connectivity index (χ0v) is 10.1. The minimum absolute atomic E-state index is 0.335. The van der Waals surface area contributed by atoms with E-state index in [1.54, 1.807) is 4.90 Å². The quantitative estimate of drug-likeness (QED) is 0.802. The van der Waals surface area contributed by atoms with Crippen LogP contribution in [0.25, 0.3) is 0 Å². The molecule has 1 aromatic heterocycles. The fourth-order valence-electron chi connectivity index (χ4n) is 1.78. The Morgan fingerprint density at radius 3 is 3.12 bits per heavy atom. The standard InChI is InChI=1S/C11H16N2O4/c1-3-6-16-10-8-7-13(11(14)15-2)5-4-9(8)17-12-10/h3-7H2,1-2H3. The molecule has 0 N–H and O–H groups in total. The van der Waals surface area contributed by atoms with Crippen molar-refractivity contribution in [2.75, 3.05) is 20.3 Å². The van der Waals surface area contributed by atoms with Gasteiger partial charge in [0.05, 0.1) is 25.8 Å². The minimum atomic E-state index is -0.335. The van der Waals surface area contributed by atoms with Crippen molar-refractivity contribution in [2.24, 2.45) is 0 Å². The number of hydrogen-bond acceptors (Lipinski definition) is 5. The van der Waals surface area contributed by atoms with Gasteiger partial charge < -0.3 is 18.9 Å². The maximum atomic E-state index is 11.4. The second-order valence-electron chi connectivity index (χ2n) is 3.88. The van der Waals surface area contributed by atoms with Crippen molar-refractivity contribution in [2.45, 2.75) is 26.3 Å². The van der Waals surface area contributed by atoms with E-state index in [-0.39, 0.29) is 6.09 Å². The fraction of sp³-hybridized carbons (Fsp3) is 0.636. The van der Waals surface area contributed by atoms with Crippen LogP contribution in [0.2, 0.25) is 0 Å². The van der Waals surface area contributed by atoms with Gasteiger partial charge in [0.2, 0.25) is 0 Å². The van der Waals surface area contributed by atoms with Crippen molar-refractivity contribution >= 4 is 6.09 Å². The molecule has 0 aliphatic carbocycles. The Morgan fingerprint density at radius 1 is 1.59 bits per heavy atom. The third-order valence-corrected chi connectivity index (χ3v) is 2.67. The zero-order chi connectivity index (χ0) is 12.3. The lowest BCUT2D eigenvalue weighted by Crippen LogP contribution is -2.35. The molecule has 0 radical (unpaired) electrons. The van der Waals surface area contributed by atoms with E-state index in [0.717, 1.165) is 17.7 Å². The number of aromatic nitrogens is 1. The highest BCUT2D eigenvalue weighted by molar-refractivity contribution is 5.68. The largest absolute Gasteiger partial charge is 0.475 e. The Bertz CT molecular complexity index is 402. The van der Waals surface area contributed by atoms with Gasteiger partial charge in [-0.15, -0.1) is 0 Å². The van der Waals surface area contributed by atoms with Crippen LogP contribution in [0.15, 0.2) is 4.52 Å². The minimum Gasteiger partial charge on any atom is -0.475 e. The van der Waals surface area contributed by atoms with Gasteiger partial charge in [0, 0.05) is 13.0 Å². The maximum absolute atomic E-state index is 11.4. The van der Waals surface area contributed by atoms with Gasteiger partial charge in [-0.25, -0.2) is 4.79 Å². The summed E-state index contributed by atoms with van der Waals surface area (Å²) in [6, 6.07) is 0. The van der Waals surface area contributed by atoms with Crippen LogP contribution >= 0.6 is 0 Å². The first kappa shape index (κ1) is 11.8. The molecule has 0 unspecified atom stereocenters. The Morgan fingerprint density at radius 2 is 2.41 bits per heavy atom. The van der Waals surface area contributed by atoms with Gasteiger partial charge in [-0.2, -0.15) is 0 Å². The molecule has 0 spiro atoms. The van der Waals surface area contributed by atoms with Crippen LogP contribution in [-0.4, -0.2) is 36.4 Å². The van der Waals surface area contributed by atoms with Crippen LogP contribution in [0.1, 0.15) is 24.7 Å². The molecule has 1 aromatic rings. The summed E-state index contributed by atoms with van der Waals surface area (Å²) in [5.74, 6) is 1.30. The van der Waals surface area contributed by atoms with Crippen molar-refractivity contribution in [3.8, 4) is 5.88 Å². The molecular weight excluding hydrogens is 224 g/mol. The molecule has 0 saturated carbocycles. The monoisotopic (exact) mass is 240 g/mol. The van der Waals surface area contributed by atoms with E-state index in [1.807, 2.05) is 6.92 Å². The summed E-state index contributed by atoms with van der Waals surface area (Å²) in [4.78, 5) is 13.0. The third-order valence-electron chi connectivity index (χ3n) is 2.67. The summed E-state index contributed by atoms with van der Waals surface area (Å²) in [5.41, 5.74) is 0.857. The van der Waals surface area contributed by atoms with Crippen LogP contribution < -0.4 is 4.74 Å². The van der Waals surface area contributed by atoms with E-state index < -0.39 is 0 Å². The molecule has 0 fully saturated rings. The lowest BCUT2D eigenvalue weighted by molar-refractivity contribution is 0.116. The molecule has 0 bridgehead atoms. The fourth-order valence-corrected chi connectivity index (χ4v) is 1.78. The van der Waals surface area contributed by atoms with E-state index in [1.165, 1.54) is 7.11 Å². The second kappa shape index (κ2) is 5.07. The molecule has 2 heterocycles. The average Bonchev–Trinajstić information content (AvgIpc) is 2.77. The van der Waals surface area contributed by atoms with E-state index in [4.69, 9.17) is 14.0 Å². The molecule has 6 heteroatoms. The number of methoxy groups -OCH3 is 1. The van der Waals surface area contributed by atoms with Crippen molar-refractivity contribution in [3.63, 3.8) is 0 Å². The summed E-state index contributed by atoms with van der Waals surface area (Å²) in [5, 5.41) is 3.88. The van der Waals surface area contributed by atoms with Gasteiger partial charge in [-0.3, -0.25) is 0 Å². The number of carbonyl (C=O) groups is 1. The zero-order valence-electron chi connectivity index (χ0n) is 10.1. The molecule has 17 heavy (non-hydrogen) atoms. The first-order chi connectivity index (χ1) is 8.26. The molecule has 1 aliphatic heterocycles. The van der Waals surface area contributed by atoms with Crippen molar-refractivity contribution in [1.29, 1.82) is 0 Å². The number of fused-ring (bicyclic) bond motifs is 1. The highest BCUT2D eigenvalue weighted by Crippen LogP contribution is 2.27. The number of ether oxygens (including phenoxy) is 2. The van der Waals surface area contributed by atoms with Crippen LogP contribution in [0.4, 0.5) is 4.79 Å². The first-order valence-corrected chi connectivity index (χ1v) is 5.69. The summed E-state index contributed by atoms with van der Waals surface area (Å²) < 4.78 is 15.4. The van der Waals surface area contributed by atoms with Crippen molar-refractivity contribution in [3.05, 3.63) is 11.3 Å². The predicted molar refractivity (Wildman–Crippen MR) is 58.8 cm³/mol.